The lowest BCUT2D eigenvalue weighted by Gasteiger charge is -2.41. The molecule has 6 atom stereocenters. The number of allylic oxidation sites excluding steroid dienone is 18. The van der Waals surface area contributed by atoms with Gasteiger partial charge in [-0.25, -0.2) is 4.18 Å². The van der Waals surface area contributed by atoms with Crippen molar-refractivity contribution in [2.75, 3.05) is 26.4 Å². The molecule has 0 amide bonds. The molecule has 0 radical (unpaired) electrons. The van der Waals surface area contributed by atoms with Crippen molar-refractivity contribution in [1.29, 1.82) is 0 Å². The fourth-order valence-electron chi connectivity index (χ4n) is 5.70. The zero-order valence-electron chi connectivity index (χ0n) is 36.0. The summed E-state index contributed by atoms with van der Waals surface area (Å²) in [6.45, 7) is 3.53. The number of aliphatic hydroxyl groups is 3. The van der Waals surface area contributed by atoms with Crippen LogP contribution in [0, 0.1) is 0 Å². The number of carbonyl (C=O) groups excluding carboxylic acids is 1. The molecule has 60 heavy (non-hydrogen) atoms. The molecular weight excluding hydrogens is 789 g/mol. The summed E-state index contributed by atoms with van der Waals surface area (Å²) in [7, 11) is -5.08. The van der Waals surface area contributed by atoms with Gasteiger partial charge in [0.05, 0.1) is 19.8 Å². The van der Waals surface area contributed by atoms with Crippen LogP contribution >= 0.6 is 0 Å². The van der Waals surface area contributed by atoms with Gasteiger partial charge in [-0.05, 0) is 89.9 Å². The summed E-state index contributed by atoms with van der Waals surface area (Å²) in [5.41, 5.74) is 0. The molecule has 0 aromatic carbocycles. The number of unbranched alkanes of at least 4 members (excludes halogenated alkanes) is 4. The van der Waals surface area contributed by atoms with Crippen molar-refractivity contribution in [2.24, 2.45) is 0 Å². The van der Waals surface area contributed by atoms with E-state index in [1.807, 2.05) is 0 Å². The minimum atomic E-state index is -5.08. The van der Waals surface area contributed by atoms with E-state index in [1.54, 1.807) is 0 Å². The number of carbonyl (C=O) groups is 1. The van der Waals surface area contributed by atoms with Gasteiger partial charge in [0.1, 0.15) is 30.5 Å². The third-order valence-corrected chi connectivity index (χ3v) is 9.36. The summed E-state index contributed by atoms with van der Waals surface area (Å²) in [4.78, 5) is 12.8. The fourth-order valence-corrected chi connectivity index (χ4v) is 6.21. The first-order chi connectivity index (χ1) is 29.1. The van der Waals surface area contributed by atoms with E-state index in [1.165, 1.54) is 0 Å². The average Bonchev–Trinajstić information content (AvgIpc) is 3.22. The fraction of sp³-hybridized carbons (Fsp3) is 0.596. The highest BCUT2D eigenvalue weighted by Gasteiger charge is 2.48. The van der Waals surface area contributed by atoms with Crippen LogP contribution in [-0.4, -0.2) is 97.5 Å². The second-order valence-electron chi connectivity index (χ2n) is 14.2. The summed E-state index contributed by atoms with van der Waals surface area (Å²) < 4.78 is 58.9. The van der Waals surface area contributed by atoms with E-state index in [9.17, 15) is 28.5 Å². The van der Waals surface area contributed by atoms with Crippen molar-refractivity contribution < 1.29 is 56.2 Å². The average molecular weight is 863 g/mol. The van der Waals surface area contributed by atoms with Crippen LogP contribution in [0.3, 0.4) is 0 Å². The van der Waals surface area contributed by atoms with E-state index >= 15 is 0 Å². The normalized spacial score (nSPS) is 21.3. The van der Waals surface area contributed by atoms with Gasteiger partial charge in [-0.3, -0.25) is 9.35 Å². The summed E-state index contributed by atoms with van der Waals surface area (Å²) in [5.74, 6) is -0.455. The molecule has 1 fully saturated rings. The van der Waals surface area contributed by atoms with Gasteiger partial charge >= 0.3 is 16.4 Å². The lowest BCUT2D eigenvalue weighted by Crippen LogP contribution is -2.60. The van der Waals surface area contributed by atoms with Crippen LogP contribution in [-0.2, 0) is 38.3 Å². The SMILES string of the molecule is CC/C=C\C/C=C\C/C=C\C/C=C\C/C=C\CCCCCC(=O)OC(COCCC/C=C\C/C=C\C/C=C\C/C=C\CC)COC1OC(CO)C(O)C(OS(=O)(=O)O)C1O. The van der Waals surface area contributed by atoms with Gasteiger partial charge in [0.15, 0.2) is 6.29 Å². The molecule has 1 rings (SSSR count). The second kappa shape index (κ2) is 37.5. The number of hydrogen-bond acceptors (Lipinski definition) is 11. The summed E-state index contributed by atoms with van der Waals surface area (Å²) in [5, 5.41) is 30.6. The highest BCUT2D eigenvalue weighted by atomic mass is 32.3. The minimum absolute atomic E-state index is 0.0240. The Balaban J connectivity index is 2.53. The Morgan fingerprint density at radius 1 is 0.633 bits per heavy atom. The summed E-state index contributed by atoms with van der Waals surface area (Å²) >= 11 is 0. The Morgan fingerprint density at radius 2 is 1.10 bits per heavy atom. The molecule has 0 aliphatic carbocycles. The Labute approximate surface area is 360 Å². The van der Waals surface area contributed by atoms with Crippen molar-refractivity contribution in [1.82, 2.24) is 0 Å². The Hall–Kier alpha value is -3.24. The molecular formula is C47H74O12S. The van der Waals surface area contributed by atoms with Gasteiger partial charge in [0.2, 0.25) is 0 Å². The Bertz CT molecular complexity index is 1460. The van der Waals surface area contributed by atoms with Crippen LogP contribution in [0.15, 0.2) is 109 Å². The zero-order chi connectivity index (χ0) is 43.9. The Morgan fingerprint density at radius 3 is 1.57 bits per heavy atom. The topological polar surface area (TPSA) is 178 Å². The zero-order valence-corrected chi connectivity index (χ0v) is 36.8. The maximum Gasteiger partial charge on any atom is 0.397 e. The van der Waals surface area contributed by atoms with Crippen molar-refractivity contribution in [2.45, 2.75) is 153 Å². The van der Waals surface area contributed by atoms with E-state index in [0.717, 1.165) is 89.9 Å². The molecule has 1 saturated heterocycles. The molecule has 6 unspecified atom stereocenters. The second-order valence-corrected chi connectivity index (χ2v) is 15.2. The summed E-state index contributed by atoms with van der Waals surface area (Å²) in [6.07, 6.45) is 42.8. The van der Waals surface area contributed by atoms with E-state index in [0.29, 0.717) is 13.0 Å². The highest BCUT2D eigenvalue weighted by molar-refractivity contribution is 7.80. The minimum Gasteiger partial charge on any atom is -0.457 e. The molecule has 0 spiro atoms. The number of esters is 1. The lowest BCUT2D eigenvalue weighted by atomic mass is 9.99. The lowest BCUT2D eigenvalue weighted by molar-refractivity contribution is -0.301. The summed E-state index contributed by atoms with van der Waals surface area (Å²) in [6, 6.07) is 0. The highest BCUT2D eigenvalue weighted by Crippen LogP contribution is 2.26. The number of rotatable bonds is 35. The van der Waals surface area contributed by atoms with Gasteiger partial charge in [-0.2, -0.15) is 8.42 Å². The van der Waals surface area contributed by atoms with Crippen molar-refractivity contribution in [3.05, 3.63) is 109 Å². The standard InChI is InChI=1S/C47H74O12S/c1-3-5-7-9-11-13-15-17-19-20-21-22-23-24-26-28-30-32-34-36-43(49)57-41(39-55-37-35-33-31-29-27-25-18-16-14-12-10-8-6-4-2)40-56-47-45(51)46(59-60(52,53)54)44(50)42(38-48)58-47/h5-8,11-14,17-19,21-22,24-26,29,31,41-42,44-48,50-51H,3-4,9-10,15-16,20,23,27-28,30,32-40H2,1-2H3,(H,52,53,54)/b7-5-,8-6-,13-11-,14-12-,19-17-,22-21-,25-18-,26-24-,31-29-. The van der Waals surface area contributed by atoms with Gasteiger partial charge in [0.25, 0.3) is 0 Å². The third-order valence-electron chi connectivity index (χ3n) is 8.89. The predicted octanol–water partition coefficient (Wildman–Crippen LogP) is 8.85. The predicted molar refractivity (Wildman–Crippen MR) is 238 cm³/mol. The van der Waals surface area contributed by atoms with E-state index in [4.69, 9.17) is 23.5 Å². The van der Waals surface area contributed by atoms with Crippen molar-refractivity contribution in [3.8, 4) is 0 Å². The molecule has 340 valence electrons. The van der Waals surface area contributed by atoms with Crippen molar-refractivity contribution in [3.63, 3.8) is 0 Å². The molecule has 13 heteroatoms. The van der Waals surface area contributed by atoms with Gasteiger partial charge < -0.3 is 34.3 Å². The quantitative estimate of drug-likeness (QED) is 0.0206. The largest absolute Gasteiger partial charge is 0.457 e. The van der Waals surface area contributed by atoms with Gasteiger partial charge in [-0.1, -0.05) is 130 Å². The molecule has 1 heterocycles. The number of ether oxygens (including phenoxy) is 4. The maximum atomic E-state index is 12.8. The molecule has 0 bridgehead atoms. The molecule has 12 nitrogen and oxygen atoms in total. The third kappa shape index (κ3) is 30.7. The van der Waals surface area contributed by atoms with E-state index in [2.05, 4.69) is 127 Å². The van der Waals surface area contributed by atoms with Gasteiger partial charge in [0, 0.05) is 13.0 Å². The molecule has 0 aromatic rings. The number of aliphatic hydroxyl groups excluding tert-OH is 3. The first-order valence-electron chi connectivity index (χ1n) is 21.6. The maximum absolute atomic E-state index is 12.8. The molecule has 0 saturated carbocycles. The smallest absolute Gasteiger partial charge is 0.397 e. The van der Waals surface area contributed by atoms with Crippen LogP contribution < -0.4 is 0 Å². The first kappa shape index (κ1) is 54.8. The van der Waals surface area contributed by atoms with Crippen LogP contribution in [0.1, 0.15) is 117 Å². The molecule has 1 aliphatic rings. The van der Waals surface area contributed by atoms with Gasteiger partial charge in [-0.15, -0.1) is 0 Å². The molecule has 1 aliphatic heterocycles. The molecule has 4 N–H and O–H groups in total. The van der Waals surface area contributed by atoms with E-state index < -0.39 is 59.8 Å². The van der Waals surface area contributed by atoms with E-state index in [-0.39, 0.29) is 19.6 Å². The van der Waals surface area contributed by atoms with Crippen molar-refractivity contribution >= 4 is 16.4 Å². The monoisotopic (exact) mass is 862 g/mol. The Kier molecular flexibility index (Phi) is 34.3. The van der Waals surface area contributed by atoms with Crippen LogP contribution in [0.4, 0.5) is 0 Å². The number of hydrogen-bond donors (Lipinski definition) is 4. The van der Waals surface area contributed by atoms with Crippen LogP contribution in [0.2, 0.25) is 0 Å². The molecule has 0 aromatic heterocycles. The van der Waals surface area contributed by atoms with Crippen LogP contribution in [0.25, 0.3) is 0 Å². The first-order valence-corrected chi connectivity index (χ1v) is 23.0. The van der Waals surface area contributed by atoms with Crippen LogP contribution in [0.5, 0.6) is 0 Å².